The zero-order chi connectivity index (χ0) is 25.9. The van der Waals surface area contributed by atoms with E-state index in [2.05, 4.69) is 32.8 Å². The molecule has 1 saturated carbocycles. The Balaban J connectivity index is 1.39. The number of pyridine rings is 2. The van der Waals surface area contributed by atoms with Crippen LogP contribution in [0, 0.1) is 5.92 Å². The van der Waals surface area contributed by atoms with Gasteiger partial charge < -0.3 is 30.2 Å². The molecule has 8 nitrogen and oxygen atoms in total. The van der Waals surface area contributed by atoms with E-state index in [1.807, 2.05) is 18.2 Å². The second kappa shape index (κ2) is 9.02. The number of aromatic nitrogens is 2. The lowest BCUT2D eigenvalue weighted by molar-refractivity contribution is -0.0579. The first kappa shape index (κ1) is 24.2. The van der Waals surface area contributed by atoms with Gasteiger partial charge in [0.15, 0.2) is 6.61 Å². The summed E-state index contributed by atoms with van der Waals surface area (Å²) in [6.07, 6.45) is 3.08. The van der Waals surface area contributed by atoms with Crippen LogP contribution in [0.2, 0.25) is 5.02 Å². The Labute approximate surface area is 218 Å². The lowest BCUT2D eigenvalue weighted by Gasteiger charge is -2.33. The zero-order valence-electron chi connectivity index (χ0n) is 20.7. The van der Waals surface area contributed by atoms with E-state index < -0.39 is 24.1 Å². The van der Waals surface area contributed by atoms with Crippen LogP contribution in [-0.4, -0.2) is 53.8 Å². The molecule has 0 bridgehead atoms. The quantitative estimate of drug-likeness (QED) is 0.462. The molecule has 1 aliphatic carbocycles. The molecule has 2 aromatic heterocycles. The standard InChI is InChI=1S/C26H29ClF2N6O2/c1-14-12-35(8-7-30-14)21-10-19(18(27)11-31-21)32-16-5-6-20-17(9-16)22-23(25(36)34(20)2)37-13-26(28,29)24(33-22)15-3-4-15/h5-6,9-11,14-15,24,30,33H,3-4,7-8,12-13H2,1-2H3,(H,31,32)/t14-,24-/m0/s1. The molecule has 1 aromatic carbocycles. The number of ether oxygens (including phenoxy) is 1. The van der Waals surface area contributed by atoms with Crippen LogP contribution >= 0.6 is 11.6 Å². The number of aryl methyl sites for hydroxylation is 1. The molecule has 0 radical (unpaired) electrons. The highest BCUT2D eigenvalue weighted by Gasteiger charge is 2.51. The maximum absolute atomic E-state index is 14.9. The Morgan fingerprint density at radius 2 is 2.08 bits per heavy atom. The largest absolute Gasteiger partial charge is 0.480 e. The van der Waals surface area contributed by atoms with Crippen LogP contribution in [0.25, 0.3) is 10.9 Å². The monoisotopic (exact) mass is 530 g/mol. The minimum absolute atomic E-state index is 0.0768. The molecule has 2 fully saturated rings. The molecule has 6 rings (SSSR count). The summed E-state index contributed by atoms with van der Waals surface area (Å²) < 4.78 is 36.7. The molecule has 0 amide bonds. The van der Waals surface area contributed by atoms with Crippen LogP contribution in [0.4, 0.5) is 31.7 Å². The molecule has 3 aliphatic rings. The molecular weight excluding hydrogens is 502 g/mol. The summed E-state index contributed by atoms with van der Waals surface area (Å²) in [6.45, 7) is 3.86. The van der Waals surface area contributed by atoms with Gasteiger partial charge >= 0.3 is 5.92 Å². The van der Waals surface area contributed by atoms with Crippen molar-refractivity contribution in [3.05, 3.63) is 45.8 Å². The summed E-state index contributed by atoms with van der Waals surface area (Å²) in [5, 5.41) is 10.9. The molecule has 0 unspecified atom stereocenters. The number of piperazine rings is 1. The number of benzene rings is 1. The fraction of sp³-hybridized carbons (Fsp3) is 0.462. The topological polar surface area (TPSA) is 83.5 Å². The van der Waals surface area contributed by atoms with Crippen molar-refractivity contribution < 1.29 is 13.5 Å². The Bertz CT molecular complexity index is 1430. The number of nitrogens with zero attached hydrogens (tertiary/aromatic N) is 3. The van der Waals surface area contributed by atoms with Gasteiger partial charge in [-0.1, -0.05) is 11.6 Å². The number of fused-ring (bicyclic) bond motifs is 3. The van der Waals surface area contributed by atoms with Crippen LogP contribution in [0.5, 0.6) is 5.75 Å². The molecule has 3 N–H and O–H groups in total. The third-order valence-corrected chi connectivity index (χ3v) is 7.72. The highest BCUT2D eigenvalue weighted by Crippen LogP contribution is 2.45. The Morgan fingerprint density at radius 1 is 1.27 bits per heavy atom. The van der Waals surface area contributed by atoms with E-state index >= 15 is 0 Å². The minimum Gasteiger partial charge on any atom is -0.480 e. The summed E-state index contributed by atoms with van der Waals surface area (Å²) in [6, 6.07) is 6.65. The van der Waals surface area contributed by atoms with Crippen LogP contribution in [0.3, 0.4) is 0 Å². The first-order valence-corrected chi connectivity index (χ1v) is 12.9. The highest BCUT2D eigenvalue weighted by atomic mass is 35.5. The van der Waals surface area contributed by atoms with Gasteiger partial charge in [0.05, 0.1) is 34.2 Å². The number of nitrogens with one attached hydrogen (secondary N) is 3. The predicted molar refractivity (Wildman–Crippen MR) is 142 cm³/mol. The van der Waals surface area contributed by atoms with Crippen LogP contribution < -0.4 is 31.1 Å². The van der Waals surface area contributed by atoms with Crippen molar-refractivity contribution in [2.45, 2.75) is 37.8 Å². The molecule has 2 atom stereocenters. The van der Waals surface area contributed by atoms with Crippen molar-refractivity contribution >= 4 is 45.4 Å². The SMILES string of the molecule is C[C@H]1CN(c2cc(Nc3ccc4c(c3)c3c(c(=O)n4C)OCC(F)(F)[C@H](C4CC4)N3)c(Cl)cn2)CCN1. The minimum atomic E-state index is -3.09. The Morgan fingerprint density at radius 3 is 2.84 bits per heavy atom. The lowest BCUT2D eigenvalue weighted by atomic mass is 10.0. The lowest BCUT2D eigenvalue weighted by Crippen LogP contribution is -2.49. The first-order valence-electron chi connectivity index (χ1n) is 12.6. The van der Waals surface area contributed by atoms with Gasteiger partial charge in [0.25, 0.3) is 5.56 Å². The van der Waals surface area contributed by atoms with E-state index in [-0.39, 0.29) is 11.7 Å². The van der Waals surface area contributed by atoms with Crippen LogP contribution in [0.1, 0.15) is 19.8 Å². The van der Waals surface area contributed by atoms with E-state index in [1.165, 1.54) is 4.57 Å². The van der Waals surface area contributed by atoms with Crippen molar-refractivity contribution in [2.75, 3.05) is 41.8 Å². The maximum Gasteiger partial charge on any atom is 0.301 e. The second-order valence-electron chi connectivity index (χ2n) is 10.3. The number of alkyl halides is 2. The van der Waals surface area contributed by atoms with Gasteiger partial charge in [0.1, 0.15) is 5.82 Å². The third-order valence-electron chi connectivity index (χ3n) is 7.42. The fourth-order valence-corrected chi connectivity index (χ4v) is 5.43. The van der Waals surface area contributed by atoms with E-state index in [0.717, 1.165) is 38.3 Å². The number of hydrogen-bond acceptors (Lipinski definition) is 7. The normalized spacial score (nSPS) is 23.1. The van der Waals surface area contributed by atoms with E-state index in [1.54, 1.807) is 19.3 Å². The summed E-state index contributed by atoms with van der Waals surface area (Å²) in [5.74, 6) is -2.49. The van der Waals surface area contributed by atoms with Gasteiger partial charge in [-0.05, 0) is 43.9 Å². The van der Waals surface area contributed by atoms with Crippen molar-refractivity contribution in [1.29, 1.82) is 0 Å². The summed E-state index contributed by atoms with van der Waals surface area (Å²) in [7, 11) is 1.61. The smallest absolute Gasteiger partial charge is 0.301 e. The molecule has 196 valence electrons. The molecule has 1 saturated heterocycles. The maximum atomic E-state index is 14.9. The second-order valence-corrected chi connectivity index (χ2v) is 10.7. The van der Waals surface area contributed by atoms with Gasteiger partial charge in [-0.15, -0.1) is 0 Å². The highest BCUT2D eigenvalue weighted by molar-refractivity contribution is 6.33. The average molecular weight is 531 g/mol. The number of hydrogen-bond donors (Lipinski definition) is 3. The van der Waals surface area contributed by atoms with Gasteiger partial charge in [0, 0.05) is 49.9 Å². The van der Waals surface area contributed by atoms with Crippen molar-refractivity contribution in [3.8, 4) is 5.75 Å². The summed E-state index contributed by atoms with van der Waals surface area (Å²) in [4.78, 5) is 19.7. The number of rotatable bonds is 4. The van der Waals surface area contributed by atoms with Crippen LogP contribution in [0.15, 0.2) is 35.3 Å². The molecule has 0 spiro atoms. The first-order chi connectivity index (χ1) is 17.7. The van der Waals surface area contributed by atoms with E-state index in [9.17, 15) is 13.6 Å². The Kier molecular flexibility index (Phi) is 5.91. The Hall–Kier alpha value is -3.11. The number of halogens is 3. The molecular formula is C26H29ClF2N6O2. The van der Waals surface area contributed by atoms with Crippen molar-refractivity contribution in [3.63, 3.8) is 0 Å². The van der Waals surface area contributed by atoms with Crippen LogP contribution in [-0.2, 0) is 7.05 Å². The van der Waals surface area contributed by atoms with Crippen molar-refractivity contribution in [2.24, 2.45) is 13.0 Å². The summed E-state index contributed by atoms with van der Waals surface area (Å²) >= 11 is 6.49. The van der Waals surface area contributed by atoms with Gasteiger partial charge in [-0.2, -0.15) is 0 Å². The summed E-state index contributed by atoms with van der Waals surface area (Å²) in [5.41, 5.74) is 1.85. The van der Waals surface area contributed by atoms with Crippen molar-refractivity contribution in [1.82, 2.24) is 14.9 Å². The number of anilines is 4. The predicted octanol–water partition coefficient (Wildman–Crippen LogP) is 4.35. The molecule has 4 heterocycles. The molecule has 2 aliphatic heterocycles. The zero-order valence-corrected chi connectivity index (χ0v) is 21.4. The van der Waals surface area contributed by atoms with E-state index in [4.69, 9.17) is 16.3 Å². The molecule has 11 heteroatoms. The molecule has 37 heavy (non-hydrogen) atoms. The molecule has 3 aromatic rings. The van der Waals surface area contributed by atoms with Gasteiger partial charge in [-0.3, -0.25) is 4.79 Å². The average Bonchev–Trinajstić information content (AvgIpc) is 3.71. The van der Waals surface area contributed by atoms with E-state index in [0.29, 0.717) is 39.0 Å². The van der Waals surface area contributed by atoms with Gasteiger partial charge in [-0.25, -0.2) is 13.8 Å². The fourth-order valence-electron chi connectivity index (χ4n) is 5.28. The van der Waals surface area contributed by atoms with Gasteiger partial charge in [0.2, 0.25) is 5.75 Å². The third kappa shape index (κ3) is 4.46.